The number of aromatic amines is 1. The Hall–Kier alpha value is -3.09. The monoisotopic (exact) mass is 301 g/mol. The van der Waals surface area contributed by atoms with Gasteiger partial charge in [0.1, 0.15) is 5.69 Å². The number of hydrogen-bond donors (Lipinski definition) is 3. The van der Waals surface area contributed by atoms with Crippen molar-refractivity contribution >= 4 is 29.2 Å². The van der Waals surface area contributed by atoms with Crippen molar-refractivity contribution in [2.45, 2.75) is 6.92 Å². The Balaban J connectivity index is 2.09. The second-order valence-electron chi connectivity index (χ2n) is 4.51. The molecule has 2 rings (SSSR count). The van der Waals surface area contributed by atoms with Crippen LogP contribution in [0.4, 0.5) is 16.2 Å². The van der Waals surface area contributed by atoms with Crippen molar-refractivity contribution in [3.8, 4) is 0 Å². The predicted octanol–water partition coefficient (Wildman–Crippen LogP) is 2.65. The molecule has 1 aromatic heterocycles. The number of carbonyl (C=O) groups is 3. The van der Waals surface area contributed by atoms with Gasteiger partial charge in [-0.3, -0.25) is 14.9 Å². The number of ketones is 1. The lowest BCUT2D eigenvalue weighted by Crippen LogP contribution is -2.14. The summed E-state index contributed by atoms with van der Waals surface area (Å²) in [6.45, 7) is 1.42. The van der Waals surface area contributed by atoms with E-state index in [0.717, 1.165) is 0 Å². The highest BCUT2D eigenvalue weighted by atomic mass is 16.5. The molecule has 0 bridgehead atoms. The molecule has 114 valence electrons. The van der Waals surface area contributed by atoms with E-state index in [0.29, 0.717) is 16.9 Å². The van der Waals surface area contributed by atoms with Crippen LogP contribution in [0.2, 0.25) is 0 Å². The van der Waals surface area contributed by atoms with Gasteiger partial charge in [-0.25, -0.2) is 4.79 Å². The second kappa shape index (κ2) is 6.57. The predicted molar refractivity (Wildman–Crippen MR) is 81.2 cm³/mol. The lowest BCUT2D eigenvalue weighted by atomic mass is 10.2. The van der Waals surface area contributed by atoms with Crippen molar-refractivity contribution in [3.05, 3.63) is 47.8 Å². The summed E-state index contributed by atoms with van der Waals surface area (Å²) in [4.78, 5) is 37.2. The van der Waals surface area contributed by atoms with Crippen LogP contribution in [-0.4, -0.2) is 29.9 Å². The van der Waals surface area contributed by atoms with E-state index in [1.807, 2.05) is 0 Å². The molecule has 0 aliphatic carbocycles. The van der Waals surface area contributed by atoms with E-state index in [1.54, 1.807) is 24.3 Å². The van der Waals surface area contributed by atoms with Gasteiger partial charge in [-0.05, 0) is 31.2 Å². The normalized spacial score (nSPS) is 9.91. The fraction of sp³-hybridized carbons (Fsp3) is 0.133. The average Bonchev–Trinajstić information content (AvgIpc) is 2.97. The number of H-pyrrole nitrogens is 1. The molecule has 7 heteroatoms. The number of aromatic nitrogens is 1. The summed E-state index contributed by atoms with van der Waals surface area (Å²) >= 11 is 0. The smallest absolute Gasteiger partial charge is 0.411 e. The Morgan fingerprint density at radius 3 is 2.36 bits per heavy atom. The Morgan fingerprint density at radius 1 is 1.09 bits per heavy atom. The molecule has 0 spiro atoms. The molecule has 1 aromatic carbocycles. The van der Waals surface area contributed by atoms with Crippen molar-refractivity contribution in [3.63, 3.8) is 0 Å². The summed E-state index contributed by atoms with van der Waals surface area (Å²) in [5, 5.41) is 5.17. The minimum absolute atomic E-state index is 0.125. The molecular weight excluding hydrogens is 286 g/mol. The molecule has 0 fully saturated rings. The first-order valence-electron chi connectivity index (χ1n) is 6.45. The minimum atomic E-state index is -0.598. The van der Waals surface area contributed by atoms with Crippen LogP contribution in [0.15, 0.2) is 36.5 Å². The van der Waals surface area contributed by atoms with Crippen molar-refractivity contribution in [2.24, 2.45) is 0 Å². The van der Waals surface area contributed by atoms with Crippen molar-refractivity contribution in [1.29, 1.82) is 0 Å². The zero-order valence-electron chi connectivity index (χ0n) is 12.1. The first kappa shape index (κ1) is 15.3. The van der Waals surface area contributed by atoms with Crippen LogP contribution < -0.4 is 10.6 Å². The number of amides is 2. The Bertz CT molecular complexity index is 721. The molecule has 1 heterocycles. The van der Waals surface area contributed by atoms with Crippen LogP contribution in [-0.2, 0) is 4.74 Å². The van der Waals surface area contributed by atoms with Crippen LogP contribution in [0, 0.1) is 0 Å². The van der Waals surface area contributed by atoms with Gasteiger partial charge in [0.05, 0.1) is 7.11 Å². The fourth-order valence-corrected chi connectivity index (χ4v) is 1.77. The summed E-state index contributed by atoms with van der Waals surface area (Å²) in [5.41, 5.74) is 1.70. The maximum atomic E-state index is 12.1. The number of Topliss-reactive ketones (excluding diaryl/α,β-unsaturated/α-hetero) is 1. The second-order valence-corrected chi connectivity index (χ2v) is 4.51. The number of nitrogens with one attached hydrogen (secondary N) is 3. The summed E-state index contributed by atoms with van der Waals surface area (Å²) in [5.74, 6) is -0.512. The Labute approximate surface area is 126 Å². The molecule has 7 nitrogen and oxygen atoms in total. The third kappa shape index (κ3) is 3.72. The van der Waals surface area contributed by atoms with E-state index in [-0.39, 0.29) is 17.4 Å². The van der Waals surface area contributed by atoms with Crippen LogP contribution in [0.25, 0.3) is 0 Å². The van der Waals surface area contributed by atoms with Gasteiger partial charge in [0, 0.05) is 23.1 Å². The number of rotatable bonds is 4. The van der Waals surface area contributed by atoms with Gasteiger partial charge in [-0.15, -0.1) is 0 Å². The zero-order valence-corrected chi connectivity index (χ0v) is 12.1. The third-order valence-electron chi connectivity index (χ3n) is 2.89. The van der Waals surface area contributed by atoms with Crippen LogP contribution in [0.1, 0.15) is 27.8 Å². The largest absolute Gasteiger partial charge is 0.453 e. The molecule has 3 N–H and O–H groups in total. The molecule has 0 unspecified atom stereocenters. The zero-order chi connectivity index (χ0) is 16.1. The molecule has 0 aliphatic heterocycles. The van der Waals surface area contributed by atoms with Crippen LogP contribution >= 0.6 is 0 Å². The van der Waals surface area contributed by atoms with E-state index in [1.165, 1.54) is 26.3 Å². The molecule has 0 aliphatic rings. The molecule has 22 heavy (non-hydrogen) atoms. The molecule has 0 radical (unpaired) electrons. The number of benzene rings is 1. The van der Waals surface area contributed by atoms with Crippen molar-refractivity contribution in [1.82, 2.24) is 4.98 Å². The first-order valence-corrected chi connectivity index (χ1v) is 6.45. The minimum Gasteiger partial charge on any atom is -0.453 e. The number of carbonyl (C=O) groups excluding carboxylic acids is 3. The Kier molecular flexibility index (Phi) is 4.57. The summed E-state index contributed by atoms with van der Waals surface area (Å²) in [6.07, 6.45) is 0.880. The van der Waals surface area contributed by atoms with Gasteiger partial charge in [0.25, 0.3) is 5.91 Å². The number of ether oxygens (including phenoxy) is 1. The van der Waals surface area contributed by atoms with E-state index in [4.69, 9.17) is 0 Å². The molecule has 2 amide bonds. The van der Waals surface area contributed by atoms with Gasteiger partial charge < -0.3 is 15.0 Å². The van der Waals surface area contributed by atoms with E-state index >= 15 is 0 Å². The topological polar surface area (TPSA) is 100 Å². The highest BCUT2D eigenvalue weighted by molar-refractivity contribution is 6.05. The van der Waals surface area contributed by atoms with Gasteiger partial charge >= 0.3 is 6.09 Å². The third-order valence-corrected chi connectivity index (χ3v) is 2.89. The van der Waals surface area contributed by atoms with E-state index in [9.17, 15) is 14.4 Å². The summed E-state index contributed by atoms with van der Waals surface area (Å²) in [7, 11) is 1.26. The number of methoxy groups -OCH3 is 1. The molecule has 2 aromatic rings. The molecular formula is C15H15N3O4. The number of hydrogen-bond acceptors (Lipinski definition) is 4. The lowest BCUT2D eigenvalue weighted by molar-refractivity contribution is 0.101. The van der Waals surface area contributed by atoms with E-state index in [2.05, 4.69) is 20.4 Å². The molecule has 0 saturated heterocycles. The molecule has 0 saturated carbocycles. The van der Waals surface area contributed by atoms with Crippen LogP contribution in [0.3, 0.4) is 0 Å². The Morgan fingerprint density at radius 2 is 1.77 bits per heavy atom. The average molecular weight is 301 g/mol. The lowest BCUT2D eigenvalue weighted by Gasteiger charge is -2.07. The maximum Gasteiger partial charge on any atom is 0.411 e. The van der Waals surface area contributed by atoms with Gasteiger partial charge in [0.15, 0.2) is 5.78 Å². The standard InChI is InChI=1S/C15H15N3O4/c1-9(19)10-6-13(16-8-10)14(20)17-11-4-3-5-12(7-11)18-15(21)22-2/h3-8,16H,1-2H3,(H,17,20)(H,18,21). The van der Waals surface area contributed by atoms with Crippen LogP contribution in [0.5, 0.6) is 0 Å². The summed E-state index contributed by atoms with van der Waals surface area (Å²) in [6, 6.07) is 8.08. The highest BCUT2D eigenvalue weighted by Crippen LogP contribution is 2.16. The SMILES string of the molecule is COC(=O)Nc1cccc(NC(=O)c2cc(C(C)=O)c[nH]2)c1. The maximum absolute atomic E-state index is 12.1. The fourth-order valence-electron chi connectivity index (χ4n) is 1.77. The summed E-state index contributed by atoms with van der Waals surface area (Å²) < 4.78 is 4.50. The van der Waals surface area contributed by atoms with E-state index < -0.39 is 6.09 Å². The van der Waals surface area contributed by atoms with Crippen molar-refractivity contribution in [2.75, 3.05) is 17.7 Å². The van der Waals surface area contributed by atoms with Crippen molar-refractivity contribution < 1.29 is 19.1 Å². The molecule has 0 atom stereocenters. The van der Waals surface area contributed by atoms with Gasteiger partial charge in [-0.1, -0.05) is 6.07 Å². The number of anilines is 2. The first-order chi connectivity index (χ1) is 10.5. The highest BCUT2D eigenvalue weighted by Gasteiger charge is 2.11. The quantitative estimate of drug-likeness (QED) is 0.756. The van der Waals surface area contributed by atoms with Gasteiger partial charge in [-0.2, -0.15) is 0 Å². The van der Waals surface area contributed by atoms with Gasteiger partial charge in [0.2, 0.25) is 0 Å².